The van der Waals surface area contributed by atoms with Gasteiger partial charge < -0.3 is 9.84 Å². The number of para-hydroxylation sites is 1. The third kappa shape index (κ3) is 2.96. The molecule has 5 heteroatoms. The van der Waals surface area contributed by atoms with Crippen LogP contribution in [0.5, 0.6) is 5.75 Å². The SMILES string of the molecule is COc1ccc(N2CC(O)(c3ccc(Br)cc3)[N+]3=C2CCc2ccccc23)cc1. The molecule has 0 amide bonds. The van der Waals surface area contributed by atoms with Crippen LogP contribution in [0, 0.1) is 0 Å². The first kappa shape index (κ1) is 18.4. The van der Waals surface area contributed by atoms with Gasteiger partial charge in [0.05, 0.1) is 13.5 Å². The average Bonchev–Trinajstić information content (AvgIpc) is 3.08. The number of rotatable bonds is 3. The molecule has 146 valence electrons. The lowest BCUT2D eigenvalue weighted by atomic mass is 9.98. The highest BCUT2D eigenvalue weighted by Gasteiger charge is 2.54. The number of benzene rings is 3. The Morgan fingerprint density at radius 3 is 2.41 bits per heavy atom. The van der Waals surface area contributed by atoms with Gasteiger partial charge in [-0.2, -0.15) is 4.58 Å². The summed E-state index contributed by atoms with van der Waals surface area (Å²) in [5.41, 5.74) is 3.13. The van der Waals surface area contributed by atoms with E-state index in [1.165, 1.54) is 5.56 Å². The third-order valence-corrected chi connectivity index (χ3v) is 6.39. The number of amidine groups is 1. The number of anilines is 1. The summed E-state index contributed by atoms with van der Waals surface area (Å²) in [4.78, 5) is 2.23. The van der Waals surface area contributed by atoms with Crippen LogP contribution in [0.1, 0.15) is 17.5 Å². The lowest BCUT2D eigenvalue weighted by molar-refractivity contribution is -0.594. The van der Waals surface area contributed by atoms with Gasteiger partial charge in [-0.15, -0.1) is 0 Å². The summed E-state index contributed by atoms with van der Waals surface area (Å²) in [7, 11) is 1.67. The number of nitrogens with zero attached hydrogens (tertiary/aromatic N) is 2. The molecule has 2 aliphatic heterocycles. The molecule has 2 heterocycles. The molecule has 5 rings (SSSR count). The minimum atomic E-state index is -1.15. The fraction of sp³-hybridized carbons (Fsp3) is 0.208. The second kappa shape index (κ2) is 7.01. The zero-order chi connectivity index (χ0) is 20.0. The minimum Gasteiger partial charge on any atom is -0.497 e. The Morgan fingerprint density at radius 1 is 0.966 bits per heavy atom. The summed E-state index contributed by atoms with van der Waals surface area (Å²) in [5.74, 6) is 1.95. The van der Waals surface area contributed by atoms with E-state index in [1.807, 2.05) is 42.5 Å². The first-order valence-electron chi connectivity index (χ1n) is 9.74. The minimum absolute atomic E-state index is 0.463. The molecule has 0 spiro atoms. The van der Waals surface area contributed by atoms with Crippen molar-refractivity contribution < 1.29 is 14.4 Å². The van der Waals surface area contributed by atoms with Crippen LogP contribution in [0.25, 0.3) is 0 Å². The standard InChI is InChI=1S/C24H22BrN2O2/c1-29-21-13-11-20(12-14-21)26-16-24(28,18-7-9-19(25)10-8-18)27-22-5-3-2-4-17(22)6-15-23(26)27/h2-5,7-14,28H,6,15-16H2,1H3/q+1. The molecule has 0 bridgehead atoms. The maximum absolute atomic E-state index is 12.1. The largest absolute Gasteiger partial charge is 0.497 e. The first-order valence-corrected chi connectivity index (χ1v) is 10.5. The molecule has 0 aromatic heterocycles. The van der Waals surface area contributed by atoms with E-state index in [1.54, 1.807) is 7.11 Å². The molecule has 0 saturated carbocycles. The van der Waals surface area contributed by atoms with Gasteiger partial charge in [-0.25, -0.2) is 4.90 Å². The fourth-order valence-electron chi connectivity index (χ4n) is 4.43. The normalized spacial score (nSPS) is 20.4. The van der Waals surface area contributed by atoms with Gasteiger partial charge in [-0.1, -0.05) is 46.3 Å². The second-order valence-electron chi connectivity index (χ2n) is 7.49. The van der Waals surface area contributed by atoms with E-state index in [-0.39, 0.29) is 0 Å². The Balaban J connectivity index is 1.68. The Bertz CT molecular complexity index is 1090. The van der Waals surface area contributed by atoms with Crippen LogP contribution >= 0.6 is 15.9 Å². The maximum atomic E-state index is 12.1. The predicted octanol–water partition coefficient (Wildman–Crippen LogP) is 4.81. The number of aryl methyl sites for hydroxylation is 1. The highest BCUT2D eigenvalue weighted by molar-refractivity contribution is 9.10. The summed E-state index contributed by atoms with van der Waals surface area (Å²) in [6, 6.07) is 24.4. The van der Waals surface area contributed by atoms with E-state index in [4.69, 9.17) is 4.74 Å². The predicted molar refractivity (Wildman–Crippen MR) is 118 cm³/mol. The van der Waals surface area contributed by atoms with Crippen LogP contribution in [0.4, 0.5) is 11.4 Å². The van der Waals surface area contributed by atoms with Crippen LogP contribution in [-0.2, 0) is 12.1 Å². The molecule has 0 saturated heterocycles. The van der Waals surface area contributed by atoms with E-state index in [0.29, 0.717) is 6.54 Å². The fourth-order valence-corrected chi connectivity index (χ4v) is 4.69. The van der Waals surface area contributed by atoms with Crippen LogP contribution in [-0.4, -0.2) is 29.2 Å². The summed E-state index contributed by atoms with van der Waals surface area (Å²) in [6.07, 6.45) is 1.84. The number of β-amino-alcohol motifs (C(OH)–C–C–N with tert-alkyl or cyclic N) is 1. The summed E-state index contributed by atoms with van der Waals surface area (Å²) >= 11 is 3.51. The molecule has 4 nitrogen and oxygen atoms in total. The Labute approximate surface area is 178 Å². The molecular formula is C24H22BrN2O2+. The summed E-state index contributed by atoms with van der Waals surface area (Å²) in [6.45, 7) is 0.463. The van der Waals surface area contributed by atoms with Crippen molar-refractivity contribution in [3.8, 4) is 5.75 Å². The van der Waals surface area contributed by atoms with Crippen LogP contribution in [0.3, 0.4) is 0 Å². The molecule has 1 atom stereocenters. The first-order chi connectivity index (χ1) is 14.1. The number of ether oxygens (including phenoxy) is 1. The Morgan fingerprint density at radius 2 is 1.69 bits per heavy atom. The van der Waals surface area contributed by atoms with Crippen molar-refractivity contribution in [1.29, 1.82) is 0 Å². The van der Waals surface area contributed by atoms with Crippen molar-refractivity contribution in [3.05, 3.63) is 88.4 Å². The number of aliphatic hydroxyl groups is 1. The van der Waals surface area contributed by atoms with Crippen molar-refractivity contribution >= 4 is 33.1 Å². The van der Waals surface area contributed by atoms with Crippen LogP contribution < -0.4 is 9.64 Å². The Hall–Kier alpha value is -2.63. The van der Waals surface area contributed by atoms with E-state index >= 15 is 0 Å². The third-order valence-electron chi connectivity index (χ3n) is 5.86. The van der Waals surface area contributed by atoms with Gasteiger partial charge in [-0.05, 0) is 54.4 Å². The highest BCUT2D eigenvalue weighted by Crippen LogP contribution is 2.42. The number of hydrogen-bond acceptors (Lipinski definition) is 3. The molecule has 2 aliphatic rings. The number of methoxy groups -OCH3 is 1. The Kier molecular flexibility index (Phi) is 4.45. The van der Waals surface area contributed by atoms with Gasteiger partial charge in [-0.3, -0.25) is 0 Å². The van der Waals surface area contributed by atoms with Crippen molar-refractivity contribution in [2.75, 3.05) is 18.6 Å². The smallest absolute Gasteiger partial charge is 0.275 e. The van der Waals surface area contributed by atoms with E-state index in [2.05, 4.69) is 55.7 Å². The van der Waals surface area contributed by atoms with E-state index in [9.17, 15) is 5.11 Å². The van der Waals surface area contributed by atoms with E-state index in [0.717, 1.165) is 45.8 Å². The van der Waals surface area contributed by atoms with Crippen molar-refractivity contribution in [2.24, 2.45) is 0 Å². The zero-order valence-corrected chi connectivity index (χ0v) is 17.8. The lowest BCUT2D eigenvalue weighted by Gasteiger charge is -2.26. The van der Waals surface area contributed by atoms with E-state index < -0.39 is 5.72 Å². The lowest BCUT2D eigenvalue weighted by Crippen LogP contribution is -2.39. The van der Waals surface area contributed by atoms with Crippen molar-refractivity contribution in [1.82, 2.24) is 0 Å². The van der Waals surface area contributed by atoms with Crippen LogP contribution in [0.2, 0.25) is 0 Å². The molecule has 1 unspecified atom stereocenters. The van der Waals surface area contributed by atoms with Gasteiger partial charge in [0.15, 0.2) is 6.54 Å². The topological polar surface area (TPSA) is 35.7 Å². The number of hydrogen-bond donors (Lipinski definition) is 1. The molecule has 3 aromatic rings. The molecule has 29 heavy (non-hydrogen) atoms. The molecule has 0 radical (unpaired) electrons. The van der Waals surface area contributed by atoms with Gasteiger partial charge in [0.1, 0.15) is 17.1 Å². The van der Waals surface area contributed by atoms with Crippen LogP contribution in [0.15, 0.2) is 77.3 Å². The number of fused-ring (bicyclic) bond motifs is 2. The van der Waals surface area contributed by atoms with Gasteiger partial charge in [0.25, 0.3) is 11.6 Å². The molecule has 0 fully saturated rings. The van der Waals surface area contributed by atoms with Gasteiger partial charge >= 0.3 is 0 Å². The van der Waals surface area contributed by atoms with Gasteiger partial charge in [0, 0.05) is 10.0 Å². The van der Waals surface area contributed by atoms with Crippen molar-refractivity contribution in [2.45, 2.75) is 18.6 Å². The average molecular weight is 450 g/mol. The second-order valence-corrected chi connectivity index (χ2v) is 8.40. The summed E-state index contributed by atoms with van der Waals surface area (Å²) in [5, 5.41) is 12.1. The maximum Gasteiger partial charge on any atom is 0.275 e. The van der Waals surface area contributed by atoms with Crippen molar-refractivity contribution in [3.63, 3.8) is 0 Å². The number of halogens is 1. The highest BCUT2D eigenvalue weighted by atomic mass is 79.9. The zero-order valence-electron chi connectivity index (χ0n) is 16.2. The quantitative estimate of drug-likeness (QED) is 0.582. The summed E-state index contributed by atoms with van der Waals surface area (Å²) < 4.78 is 8.44. The monoisotopic (exact) mass is 449 g/mol. The van der Waals surface area contributed by atoms with Gasteiger partial charge in [0.2, 0.25) is 0 Å². The molecule has 0 aliphatic carbocycles. The molecule has 1 N–H and O–H groups in total. The molecule has 3 aromatic carbocycles. The molecular weight excluding hydrogens is 428 g/mol.